The number of esters is 1. The second kappa shape index (κ2) is 6.00. The summed E-state index contributed by atoms with van der Waals surface area (Å²) in [7, 11) is 1.42. The molecule has 0 aliphatic heterocycles. The van der Waals surface area contributed by atoms with Gasteiger partial charge in [-0.3, -0.25) is 14.8 Å². The van der Waals surface area contributed by atoms with Crippen molar-refractivity contribution in [3.8, 4) is 0 Å². The predicted molar refractivity (Wildman–Crippen MR) is 70.2 cm³/mol. The average Bonchev–Trinajstić information content (AvgIpc) is 2.79. The monoisotopic (exact) mass is 253 g/mol. The quantitative estimate of drug-likeness (QED) is 0.785. The Balaban J connectivity index is 2.81. The van der Waals surface area contributed by atoms with E-state index in [2.05, 4.69) is 10.4 Å². The molecule has 0 saturated heterocycles. The lowest BCUT2D eigenvalue weighted by Gasteiger charge is -2.32. The zero-order valence-corrected chi connectivity index (χ0v) is 11.8. The molecule has 0 aromatic carbocycles. The first-order valence-corrected chi connectivity index (χ1v) is 6.24. The van der Waals surface area contributed by atoms with E-state index < -0.39 is 5.54 Å². The van der Waals surface area contributed by atoms with Crippen LogP contribution in [0.25, 0.3) is 0 Å². The number of ether oxygens (including phenoxy) is 1. The molecular formula is C13H23N3O2. The van der Waals surface area contributed by atoms with Crippen LogP contribution in [0.2, 0.25) is 0 Å². The van der Waals surface area contributed by atoms with Crippen LogP contribution in [0, 0.1) is 0 Å². The van der Waals surface area contributed by atoms with Crippen molar-refractivity contribution in [2.24, 2.45) is 0 Å². The topological polar surface area (TPSA) is 56.2 Å². The van der Waals surface area contributed by atoms with Crippen LogP contribution in [-0.4, -0.2) is 34.4 Å². The molecule has 0 bridgehead atoms. The minimum Gasteiger partial charge on any atom is -0.468 e. The smallest absolute Gasteiger partial charge is 0.325 e. The van der Waals surface area contributed by atoms with Gasteiger partial charge in [-0.25, -0.2) is 0 Å². The van der Waals surface area contributed by atoms with Gasteiger partial charge in [-0.2, -0.15) is 5.10 Å². The first kappa shape index (κ1) is 14.7. The van der Waals surface area contributed by atoms with Gasteiger partial charge in [-0.1, -0.05) is 0 Å². The number of aromatic nitrogens is 2. The number of rotatable bonds is 6. The van der Waals surface area contributed by atoms with Crippen molar-refractivity contribution in [3.63, 3.8) is 0 Å². The van der Waals surface area contributed by atoms with E-state index in [-0.39, 0.29) is 18.1 Å². The van der Waals surface area contributed by atoms with Gasteiger partial charge in [0, 0.05) is 18.4 Å². The fourth-order valence-corrected chi connectivity index (χ4v) is 2.29. The lowest BCUT2D eigenvalue weighted by atomic mass is 9.92. The summed E-state index contributed by atoms with van der Waals surface area (Å²) in [6.07, 6.45) is 4.26. The van der Waals surface area contributed by atoms with Crippen molar-refractivity contribution in [1.29, 1.82) is 0 Å². The van der Waals surface area contributed by atoms with Crippen molar-refractivity contribution in [3.05, 3.63) is 18.5 Å². The summed E-state index contributed by atoms with van der Waals surface area (Å²) in [5.41, 5.74) is -0.700. The van der Waals surface area contributed by atoms with Crippen LogP contribution in [0.3, 0.4) is 0 Å². The summed E-state index contributed by atoms with van der Waals surface area (Å²) < 4.78 is 6.75. The summed E-state index contributed by atoms with van der Waals surface area (Å²) >= 11 is 0. The van der Waals surface area contributed by atoms with Crippen LogP contribution >= 0.6 is 0 Å². The number of hydrogen-bond donors (Lipinski definition) is 1. The molecule has 2 unspecified atom stereocenters. The summed E-state index contributed by atoms with van der Waals surface area (Å²) in [6.45, 7) is 7.94. The lowest BCUT2D eigenvalue weighted by Crippen LogP contribution is -2.54. The maximum absolute atomic E-state index is 12.0. The number of carbonyl (C=O) groups is 1. The third-order valence-corrected chi connectivity index (χ3v) is 2.92. The Hall–Kier alpha value is -1.36. The molecule has 1 aromatic rings. The molecule has 18 heavy (non-hydrogen) atoms. The Morgan fingerprint density at radius 1 is 1.50 bits per heavy atom. The Morgan fingerprint density at radius 2 is 2.17 bits per heavy atom. The standard InChI is InChI=1S/C13H23N3O2/c1-10(2)15-13(4,12(17)18-5)9-11(3)16-8-6-7-14-16/h6-8,10-11,15H,9H2,1-5H3. The molecule has 102 valence electrons. The Morgan fingerprint density at radius 3 is 2.61 bits per heavy atom. The van der Waals surface area contributed by atoms with Gasteiger partial charge >= 0.3 is 5.97 Å². The molecule has 0 amide bonds. The highest BCUT2D eigenvalue weighted by Crippen LogP contribution is 2.22. The Bertz CT molecular complexity index is 376. The zero-order chi connectivity index (χ0) is 13.8. The number of hydrogen-bond acceptors (Lipinski definition) is 4. The van der Waals surface area contributed by atoms with Crippen molar-refractivity contribution in [1.82, 2.24) is 15.1 Å². The van der Waals surface area contributed by atoms with Gasteiger partial charge in [0.05, 0.1) is 13.2 Å². The van der Waals surface area contributed by atoms with Crippen LogP contribution in [-0.2, 0) is 9.53 Å². The summed E-state index contributed by atoms with van der Waals surface area (Å²) in [4.78, 5) is 12.0. The summed E-state index contributed by atoms with van der Waals surface area (Å²) in [6, 6.07) is 2.20. The minimum absolute atomic E-state index is 0.121. The first-order chi connectivity index (χ1) is 8.39. The van der Waals surface area contributed by atoms with Gasteiger partial charge in [-0.05, 0) is 40.2 Å². The largest absolute Gasteiger partial charge is 0.468 e. The van der Waals surface area contributed by atoms with Crippen molar-refractivity contribution >= 4 is 5.97 Å². The van der Waals surface area contributed by atoms with Crippen LogP contribution in [0.4, 0.5) is 0 Å². The molecule has 1 aromatic heterocycles. The molecule has 1 heterocycles. The van der Waals surface area contributed by atoms with E-state index in [9.17, 15) is 4.79 Å². The Labute approximate surface area is 109 Å². The second-order valence-electron chi connectivity index (χ2n) is 5.16. The van der Waals surface area contributed by atoms with Gasteiger partial charge in [0.15, 0.2) is 0 Å². The van der Waals surface area contributed by atoms with Gasteiger partial charge in [0.25, 0.3) is 0 Å². The van der Waals surface area contributed by atoms with Crippen LogP contribution in [0.5, 0.6) is 0 Å². The number of carbonyl (C=O) groups excluding carboxylic acids is 1. The summed E-state index contributed by atoms with van der Waals surface area (Å²) in [5.74, 6) is -0.241. The van der Waals surface area contributed by atoms with Gasteiger partial charge in [-0.15, -0.1) is 0 Å². The molecule has 5 nitrogen and oxygen atoms in total. The van der Waals surface area contributed by atoms with E-state index in [1.54, 1.807) is 6.20 Å². The SMILES string of the molecule is COC(=O)C(C)(CC(C)n1cccn1)NC(C)C. The third-order valence-electron chi connectivity index (χ3n) is 2.92. The van der Waals surface area contributed by atoms with Gasteiger partial charge in [0.1, 0.15) is 5.54 Å². The molecule has 1 N–H and O–H groups in total. The highest BCUT2D eigenvalue weighted by atomic mass is 16.5. The Kier molecular flexibility index (Phi) is 4.90. The summed E-state index contributed by atoms with van der Waals surface area (Å²) in [5, 5.41) is 7.49. The van der Waals surface area contributed by atoms with Crippen LogP contribution in [0.15, 0.2) is 18.5 Å². The van der Waals surface area contributed by atoms with Crippen molar-refractivity contribution in [2.45, 2.75) is 51.7 Å². The van der Waals surface area contributed by atoms with Gasteiger partial charge < -0.3 is 4.74 Å². The van der Waals surface area contributed by atoms with Crippen molar-refractivity contribution in [2.75, 3.05) is 7.11 Å². The molecule has 0 spiro atoms. The second-order valence-corrected chi connectivity index (χ2v) is 5.16. The molecule has 0 aliphatic carbocycles. The first-order valence-electron chi connectivity index (χ1n) is 6.24. The number of methoxy groups -OCH3 is 1. The molecule has 2 atom stereocenters. The molecule has 5 heteroatoms. The molecule has 0 aliphatic rings. The van der Waals surface area contributed by atoms with E-state index in [1.165, 1.54) is 7.11 Å². The average molecular weight is 253 g/mol. The van der Waals surface area contributed by atoms with E-state index in [0.717, 1.165) is 0 Å². The zero-order valence-electron chi connectivity index (χ0n) is 11.8. The van der Waals surface area contributed by atoms with E-state index in [4.69, 9.17) is 4.74 Å². The molecule has 0 radical (unpaired) electrons. The predicted octanol–water partition coefficient (Wildman–Crippen LogP) is 1.76. The highest BCUT2D eigenvalue weighted by Gasteiger charge is 2.36. The highest BCUT2D eigenvalue weighted by molar-refractivity contribution is 5.80. The molecule has 0 saturated carbocycles. The van der Waals surface area contributed by atoms with Crippen LogP contribution < -0.4 is 5.32 Å². The fourth-order valence-electron chi connectivity index (χ4n) is 2.29. The van der Waals surface area contributed by atoms with Crippen molar-refractivity contribution < 1.29 is 9.53 Å². The van der Waals surface area contributed by atoms with E-state index in [0.29, 0.717) is 6.42 Å². The number of nitrogens with zero attached hydrogens (tertiary/aromatic N) is 2. The van der Waals surface area contributed by atoms with E-state index in [1.807, 2.05) is 44.6 Å². The van der Waals surface area contributed by atoms with E-state index >= 15 is 0 Å². The third kappa shape index (κ3) is 3.57. The minimum atomic E-state index is -0.700. The molecule has 0 fully saturated rings. The van der Waals surface area contributed by atoms with Crippen LogP contribution in [0.1, 0.15) is 40.2 Å². The van der Waals surface area contributed by atoms with Gasteiger partial charge in [0.2, 0.25) is 0 Å². The fraction of sp³-hybridized carbons (Fsp3) is 0.692. The maximum Gasteiger partial charge on any atom is 0.325 e. The lowest BCUT2D eigenvalue weighted by molar-refractivity contribution is -0.149. The normalized spacial score (nSPS) is 16.3. The maximum atomic E-state index is 12.0. The molecular weight excluding hydrogens is 230 g/mol. The molecule has 1 rings (SSSR count). The number of nitrogens with one attached hydrogen (secondary N) is 1.